The zero-order chi connectivity index (χ0) is 23.0. The molecule has 0 saturated heterocycles. The van der Waals surface area contributed by atoms with Crippen LogP contribution in [0.25, 0.3) is 11.0 Å². The maximum atomic E-state index is 12.9. The molecule has 3 aromatic carbocycles. The molecule has 4 heteroatoms. The van der Waals surface area contributed by atoms with Crippen molar-refractivity contribution in [1.29, 1.82) is 0 Å². The molecule has 0 spiro atoms. The number of ketones is 1. The molecule has 1 amide bonds. The maximum absolute atomic E-state index is 12.9. The zero-order valence-electron chi connectivity index (χ0n) is 19.1. The molecule has 1 heterocycles. The van der Waals surface area contributed by atoms with E-state index in [1.54, 1.807) is 24.3 Å². The standard InChI is InChI=1S/C28H27NO3/c1-17-6-8-19(9-7-17)25(30)26-18(2)23-16-22(14-15-24(23)32-26)29-27(31)20-10-12-21(13-11-20)28(3,4)5/h6-16H,1-5H3,(H,29,31). The van der Waals surface area contributed by atoms with Gasteiger partial charge in [-0.2, -0.15) is 0 Å². The SMILES string of the molecule is Cc1ccc(C(=O)c2oc3ccc(NC(=O)c4ccc(C(C)(C)C)cc4)cc3c2C)cc1. The van der Waals surface area contributed by atoms with Crippen molar-refractivity contribution in [2.45, 2.75) is 40.0 Å². The van der Waals surface area contributed by atoms with Gasteiger partial charge in [-0.3, -0.25) is 9.59 Å². The van der Waals surface area contributed by atoms with E-state index in [4.69, 9.17) is 4.42 Å². The van der Waals surface area contributed by atoms with E-state index < -0.39 is 0 Å². The summed E-state index contributed by atoms with van der Waals surface area (Å²) in [5.41, 5.74) is 5.52. The van der Waals surface area contributed by atoms with Gasteiger partial charge in [-0.25, -0.2) is 0 Å². The molecule has 0 fully saturated rings. The van der Waals surface area contributed by atoms with Crippen LogP contribution in [0, 0.1) is 13.8 Å². The highest BCUT2D eigenvalue weighted by Crippen LogP contribution is 2.30. The van der Waals surface area contributed by atoms with Gasteiger partial charge < -0.3 is 9.73 Å². The number of nitrogens with one attached hydrogen (secondary N) is 1. The molecule has 4 aromatic rings. The van der Waals surface area contributed by atoms with Crippen molar-refractivity contribution in [1.82, 2.24) is 0 Å². The molecule has 0 aliphatic heterocycles. The van der Waals surface area contributed by atoms with Crippen molar-refractivity contribution in [2.75, 3.05) is 5.32 Å². The molecule has 4 nitrogen and oxygen atoms in total. The topological polar surface area (TPSA) is 59.3 Å². The second-order valence-corrected chi connectivity index (χ2v) is 9.24. The number of hydrogen-bond acceptors (Lipinski definition) is 3. The minimum atomic E-state index is -0.179. The molecule has 0 saturated carbocycles. The Balaban J connectivity index is 1.58. The van der Waals surface area contributed by atoms with E-state index in [9.17, 15) is 9.59 Å². The third-order valence-corrected chi connectivity index (χ3v) is 5.73. The first kappa shape index (κ1) is 21.6. The lowest BCUT2D eigenvalue weighted by Crippen LogP contribution is -2.14. The molecule has 4 rings (SSSR count). The summed E-state index contributed by atoms with van der Waals surface area (Å²) in [7, 11) is 0. The minimum Gasteiger partial charge on any atom is -0.452 e. The highest BCUT2D eigenvalue weighted by molar-refractivity contribution is 6.11. The Bertz CT molecular complexity index is 1300. The number of amides is 1. The monoisotopic (exact) mass is 425 g/mol. The van der Waals surface area contributed by atoms with Crippen LogP contribution in [-0.4, -0.2) is 11.7 Å². The van der Waals surface area contributed by atoms with E-state index in [2.05, 4.69) is 26.1 Å². The summed E-state index contributed by atoms with van der Waals surface area (Å²) in [5, 5.41) is 3.75. The number of benzene rings is 3. The zero-order valence-corrected chi connectivity index (χ0v) is 19.1. The van der Waals surface area contributed by atoms with Gasteiger partial charge in [-0.1, -0.05) is 62.7 Å². The van der Waals surface area contributed by atoms with Crippen LogP contribution in [0.2, 0.25) is 0 Å². The molecule has 0 aliphatic rings. The van der Waals surface area contributed by atoms with Crippen molar-refractivity contribution < 1.29 is 14.0 Å². The van der Waals surface area contributed by atoms with Crippen molar-refractivity contribution >= 4 is 28.3 Å². The van der Waals surface area contributed by atoms with Gasteiger partial charge in [0.15, 0.2) is 5.76 Å². The second kappa shape index (κ2) is 8.12. The number of anilines is 1. The summed E-state index contributed by atoms with van der Waals surface area (Å²) in [6, 6.07) is 20.5. The Kier molecular flexibility index (Phi) is 5.47. The Hall–Kier alpha value is -3.66. The van der Waals surface area contributed by atoms with E-state index >= 15 is 0 Å². The smallest absolute Gasteiger partial charge is 0.255 e. The van der Waals surface area contributed by atoms with Crippen molar-refractivity contribution in [3.63, 3.8) is 0 Å². The predicted molar refractivity (Wildman–Crippen MR) is 129 cm³/mol. The third-order valence-electron chi connectivity index (χ3n) is 5.73. The number of hydrogen-bond donors (Lipinski definition) is 1. The highest BCUT2D eigenvalue weighted by atomic mass is 16.3. The Labute approximate surface area is 188 Å². The molecule has 0 radical (unpaired) electrons. The lowest BCUT2D eigenvalue weighted by Gasteiger charge is -2.19. The molecule has 32 heavy (non-hydrogen) atoms. The molecule has 1 N–H and O–H groups in total. The summed E-state index contributed by atoms with van der Waals surface area (Å²) in [6.45, 7) is 10.3. The number of furan rings is 1. The van der Waals surface area contributed by atoms with Crippen LogP contribution in [0.3, 0.4) is 0 Å². The van der Waals surface area contributed by atoms with Crippen LogP contribution in [0.1, 0.15) is 63.9 Å². The normalized spacial score (nSPS) is 11.5. The molecular weight excluding hydrogens is 398 g/mol. The maximum Gasteiger partial charge on any atom is 0.255 e. The Morgan fingerprint density at radius 2 is 1.44 bits per heavy atom. The van der Waals surface area contributed by atoms with Gasteiger partial charge in [0, 0.05) is 27.8 Å². The summed E-state index contributed by atoms with van der Waals surface area (Å²) < 4.78 is 5.87. The third kappa shape index (κ3) is 4.22. The van der Waals surface area contributed by atoms with Gasteiger partial charge in [0.25, 0.3) is 5.91 Å². The van der Waals surface area contributed by atoms with Crippen LogP contribution in [0.4, 0.5) is 5.69 Å². The highest BCUT2D eigenvalue weighted by Gasteiger charge is 2.20. The first-order valence-electron chi connectivity index (χ1n) is 10.7. The Morgan fingerprint density at radius 1 is 0.812 bits per heavy atom. The van der Waals surface area contributed by atoms with Gasteiger partial charge >= 0.3 is 0 Å². The average Bonchev–Trinajstić information content (AvgIpc) is 3.09. The van der Waals surface area contributed by atoms with Crippen molar-refractivity contribution in [3.05, 3.63) is 100 Å². The summed E-state index contributed by atoms with van der Waals surface area (Å²) in [6.07, 6.45) is 0. The lowest BCUT2D eigenvalue weighted by molar-refractivity contribution is 0.101. The fourth-order valence-corrected chi connectivity index (χ4v) is 3.68. The van der Waals surface area contributed by atoms with Crippen molar-refractivity contribution in [2.24, 2.45) is 0 Å². The summed E-state index contributed by atoms with van der Waals surface area (Å²) in [5.74, 6) is -0.00441. The lowest BCUT2D eigenvalue weighted by atomic mass is 9.87. The Morgan fingerprint density at radius 3 is 2.06 bits per heavy atom. The van der Waals surface area contributed by atoms with E-state index in [-0.39, 0.29) is 17.1 Å². The first-order valence-corrected chi connectivity index (χ1v) is 10.7. The average molecular weight is 426 g/mol. The fraction of sp³-hybridized carbons (Fsp3) is 0.214. The molecule has 162 valence electrons. The van der Waals surface area contributed by atoms with Gasteiger partial charge in [0.1, 0.15) is 5.58 Å². The number of carbonyl (C=O) groups excluding carboxylic acids is 2. The molecular formula is C28H27NO3. The fourth-order valence-electron chi connectivity index (χ4n) is 3.68. The van der Waals surface area contributed by atoms with Gasteiger partial charge in [0.05, 0.1) is 0 Å². The predicted octanol–water partition coefficient (Wildman–Crippen LogP) is 6.83. The van der Waals surface area contributed by atoms with E-state index in [0.29, 0.717) is 28.2 Å². The molecule has 0 bridgehead atoms. The van der Waals surface area contributed by atoms with Crippen LogP contribution in [-0.2, 0) is 5.41 Å². The number of rotatable bonds is 4. The van der Waals surface area contributed by atoms with Crippen LogP contribution in [0.15, 0.2) is 71.1 Å². The van der Waals surface area contributed by atoms with Crippen LogP contribution < -0.4 is 5.32 Å². The molecule has 0 aliphatic carbocycles. The van der Waals surface area contributed by atoms with Crippen LogP contribution >= 0.6 is 0 Å². The van der Waals surface area contributed by atoms with Gasteiger partial charge in [0.2, 0.25) is 5.78 Å². The number of fused-ring (bicyclic) bond motifs is 1. The molecule has 0 atom stereocenters. The summed E-state index contributed by atoms with van der Waals surface area (Å²) >= 11 is 0. The van der Waals surface area contributed by atoms with E-state index in [1.807, 2.05) is 56.3 Å². The van der Waals surface area contributed by atoms with Gasteiger partial charge in [-0.05, 0) is 55.2 Å². The largest absolute Gasteiger partial charge is 0.452 e. The number of aryl methyl sites for hydroxylation is 2. The van der Waals surface area contributed by atoms with E-state index in [0.717, 1.165) is 16.5 Å². The first-order chi connectivity index (χ1) is 15.1. The second-order valence-electron chi connectivity index (χ2n) is 9.24. The minimum absolute atomic E-state index is 0.0343. The molecule has 0 unspecified atom stereocenters. The summed E-state index contributed by atoms with van der Waals surface area (Å²) in [4.78, 5) is 25.7. The van der Waals surface area contributed by atoms with Crippen LogP contribution in [0.5, 0.6) is 0 Å². The number of carbonyl (C=O) groups is 2. The van der Waals surface area contributed by atoms with Gasteiger partial charge in [-0.15, -0.1) is 0 Å². The van der Waals surface area contributed by atoms with Crippen molar-refractivity contribution in [3.8, 4) is 0 Å². The quantitative estimate of drug-likeness (QED) is 0.365. The van der Waals surface area contributed by atoms with E-state index in [1.165, 1.54) is 5.56 Å². The molecule has 1 aromatic heterocycles.